The van der Waals surface area contributed by atoms with Crippen molar-refractivity contribution in [1.29, 1.82) is 0 Å². The van der Waals surface area contributed by atoms with Crippen LogP contribution < -0.4 is 5.73 Å². The molecular weight excluding hydrogens is 208 g/mol. The molecule has 0 saturated heterocycles. The van der Waals surface area contributed by atoms with Crippen molar-refractivity contribution in [2.45, 2.75) is 32.7 Å². The molecule has 0 saturated carbocycles. The molecule has 1 rings (SSSR count). The van der Waals surface area contributed by atoms with Crippen molar-refractivity contribution >= 4 is 11.9 Å². The van der Waals surface area contributed by atoms with E-state index in [9.17, 15) is 9.59 Å². The first-order valence-electron chi connectivity index (χ1n) is 5.09. The molecule has 0 aromatic carbocycles. The number of nitrogens with two attached hydrogens (primary N) is 1. The van der Waals surface area contributed by atoms with Crippen molar-refractivity contribution in [1.82, 2.24) is 4.57 Å². The number of carbonyl (C=O) groups excluding carboxylic acids is 1. The van der Waals surface area contributed by atoms with Crippen LogP contribution in [0.4, 0.5) is 0 Å². The maximum atomic E-state index is 11.1. The first kappa shape index (κ1) is 12.3. The Labute approximate surface area is 93.9 Å². The van der Waals surface area contributed by atoms with Gasteiger partial charge in [-0.25, -0.2) is 4.79 Å². The lowest BCUT2D eigenvalue weighted by atomic mass is 10.1. The second kappa shape index (κ2) is 4.38. The largest absolute Gasteiger partial charge is 0.478 e. The summed E-state index contributed by atoms with van der Waals surface area (Å²) in [5.41, 5.74) is 6.06. The molecule has 0 bridgehead atoms. The number of nitrogens with zero attached hydrogens (tertiary/aromatic N) is 1. The van der Waals surface area contributed by atoms with E-state index in [4.69, 9.17) is 10.8 Å². The van der Waals surface area contributed by atoms with Gasteiger partial charge in [-0.1, -0.05) is 13.8 Å². The van der Waals surface area contributed by atoms with Gasteiger partial charge in [0, 0.05) is 11.9 Å². The van der Waals surface area contributed by atoms with Crippen molar-refractivity contribution in [2.24, 2.45) is 5.73 Å². The van der Waals surface area contributed by atoms with E-state index in [0.29, 0.717) is 5.69 Å². The lowest BCUT2D eigenvalue weighted by molar-refractivity contribution is -0.120. The molecular formula is C11H16N2O3. The molecule has 1 amide bonds. The van der Waals surface area contributed by atoms with Gasteiger partial charge in [0.05, 0.1) is 5.56 Å². The molecule has 0 spiro atoms. The van der Waals surface area contributed by atoms with Crippen LogP contribution in [0.5, 0.6) is 0 Å². The summed E-state index contributed by atoms with van der Waals surface area (Å²) in [6.07, 6.45) is 1.59. The quantitative estimate of drug-likeness (QED) is 0.809. The van der Waals surface area contributed by atoms with Gasteiger partial charge in [-0.3, -0.25) is 4.79 Å². The molecule has 0 radical (unpaired) electrons. The zero-order valence-electron chi connectivity index (χ0n) is 9.60. The van der Waals surface area contributed by atoms with Gasteiger partial charge in [0.2, 0.25) is 5.91 Å². The van der Waals surface area contributed by atoms with Crippen molar-refractivity contribution in [3.05, 3.63) is 23.5 Å². The number of carbonyl (C=O) groups is 2. The summed E-state index contributed by atoms with van der Waals surface area (Å²) in [5.74, 6) is -1.45. The molecule has 3 N–H and O–H groups in total. The summed E-state index contributed by atoms with van der Waals surface area (Å²) in [4.78, 5) is 22.1. The number of amides is 1. The minimum absolute atomic E-state index is 0.0166. The van der Waals surface area contributed by atoms with Crippen LogP contribution in [0.3, 0.4) is 0 Å². The maximum Gasteiger partial charge on any atom is 0.337 e. The summed E-state index contributed by atoms with van der Waals surface area (Å²) in [6, 6.07) is 0.961. The van der Waals surface area contributed by atoms with Crippen molar-refractivity contribution in [3.8, 4) is 0 Å². The minimum Gasteiger partial charge on any atom is -0.478 e. The number of carboxylic acid groups (broad SMARTS) is 1. The van der Waals surface area contributed by atoms with Crippen LogP contribution in [0, 0.1) is 0 Å². The fraction of sp³-hybridized carbons (Fsp3) is 0.455. The predicted octanol–water partition coefficient (Wildman–Crippen LogP) is 1.36. The summed E-state index contributed by atoms with van der Waals surface area (Å²) in [5, 5.41) is 9.02. The SMILES string of the molecule is CC(C)c1c(C(=O)O)ccn1C(C)C(N)=O. The molecule has 1 aromatic heterocycles. The Morgan fingerprint density at radius 3 is 2.31 bits per heavy atom. The summed E-state index contributed by atoms with van der Waals surface area (Å²) < 4.78 is 1.62. The highest BCUT2D eigenvalue weighted by Gasteiger charge is 2.22. The third-order valence-corrected chi connectivity index (χ3v) is 2.56. The number of hydrogen-bond acceptors (Lipinski definition) is 2. The maximum absolute atomic E-state index is 11.1. The zero-order chi connectivity index (χ0) is 12.5. The Hall–Kier alpha value is -1.78. The first-order chi connectivity index (χ1) is 7.36. The average Bonchev–Trinajstić information content (AvgIpc) is 2.60. The topological polar surface area (TPSA) is 85.3 Å². The number of rotatable bonds is 4. The normalized spacial score (nSPS) is 12.8. The van der Waals surface area contributed by atoms with Gasteiger partial charge in [-0.05, 0) is 18.9 Å². The smallest absolute Gasteiger partial charge is 0.337 e. The van der Waals surface area contributed by atoms with Crippen LogP contribution in [0.2, 0.25) is 0 Å². The molecule has 0 fully saturated rings. The van der Waals surface area contributed by atoms with Crippen LogP contribution in [-0.4, -0.2) is 21.6 Å². The highest BCUT2D eigenvalue weighted by molar-refractivity contribution is 5.89. The van der Waals surface area contributed by atoms with Crippen molar-refractivity contribution in [3.63, 3.8) is 0 Å². The van der Waals surface area contributed by atoms with Gasteiger partial charge >= 0.3 is 5.97 Å². The Morgan fingerprint density at radius 2 is 1.94 bits per heavy atom. The summed E-state index contributed by atoms with van der Waals surface area (Å²) >= 11 is 0. The molecule has 16 heavy (non-hydrogen) atoms. The molecule has 1 unspecified atom stereocenters. The molecule has 0 aliphatic rings. The van der Waals surface area contributed by atoms with E-state index < -0.39 is 17.9 Å². The second-order valence-corrected chi connectivity index (χ2v) is 4.06. The predicted molar refractivity (Wildman–Crippen MR) is 59.4 cm³/mol. The van der Waals surface area contributed by atoms with E-state index in [-0.39, 0.29) is 11.5 Å². The molecule has 1 heterocycles. The summed E-state index contributed by atoms with van der Waals surface area (Å²) in [6.45, 7) is 5.41. The van der Waals surface area contributed by atoms with Crippen LogP contribution in [0.1, 0.15) is 48.8 Å². The first-order valence-corrected chi connectivity index (χ1v) is 5.09. The number of carboxylic acids is 1. The lowest BCUT2D eigenvalue weighted by Gasteiger charge is -2.17. The van der Waals surface area contributed by atoms with Gasteiger partial charge in [0.1, 0.15) is 6.04 Å². The van der Waals surface area contributed by atoms with E-state index in [1.54, 1.807) is 17.7 Å². The molecule has 88 valence electrons. The minimum atomic E-state index is -0.987. The highest BCUT2D eigenvalue weighted by atomic mass is 16.4. The highest BCUT2D eigenvalue weighted by Crippen LogP contribution is 2.24. The number of aromatic nitrogens is 1. The van der Waals surface area contributed by atoms with E-state index >= 15 is 0 Å². The third kappa shape index (κ3) is 2.08. The van der Waals surface area contributed by atoms with Crippen molar-refractivity contribution in [2.75, 3.05) is 0 Å². The van der Waals surface area contributed by atoms with Crippen LogP contribution in [0.15, 0.2) is 12.3 Å². The lowest BCUT2D eigenvalue weighted by Crippen LogP contribution is -2.25. The molecule has 0 aliphatic heterocycles. The number of primary amides is 1. The molecule has 5 heteroatoms. The third-order valence-electron chi connectivity index (χ3n) is 2.56. The van der Waals surface area contributed by atoms with Crippen LogP contribution in [0.25, 0.3) is 0 Å². The fourth-order valence-electron chi connectivity index (χ4n) is 1.72. The number of hydrogen-bond donors (Lipinski definition) is 2. The van der Waals surface area contributed by atoms with E-state index in [1.165, 1.54) is 6.07 Å². The van der Waals surface area contributed by atoms with Gasteiger partial charge < -0.3 is 15.4 Å². The van der Waals surface area contributed by atoms with Crippen LogP contribution >= 0.6 is 0 Å². The second-order valence-electron chi connectivity index (χ2n) is 4.06. The molecule has 1 aromatic rings. The van der Waals surface area contributed by atoms with E-state index in [0.717, 1.165) is 0 Å². The van der Waals surface area contributed by atoms with Gasteiger partial charge in [-0.15, -0.1) is 0 Å². The zero-order valence-corrected chi connectivity index (χ0v) is 9.60. The fourth-order valence-corrected chi connectivity index (χ4v) is 1.72. The molecule has 0 aliphatic carbocycles. The Kier molecular flexibility index (Phi) is 3.37. The van der Waals surface area contributed by atoms with Gasteiger partial charge in [0.15, 0.2) is 0 Å². The Balaban J connectivity index is 3.31. The number of aromatic carboxylic acids is 1. The van der Waals surface area contributed by atoms with Crippen molar-refractivity contribution < 1.29 is 14.7 Å². The molecule has 5 nitrogen and oxygen atoms in total. The van der Waals surface area contributed by atoms with Crippen LogP contribution in [-0.2, 0) is 4.79 Å². The van der Waals surface area contributed by atoms with E-state index in [1.807, 2.05) is 13.8 Å². The standard InChI is InChI=1S/C11H16N2O3/c1-6(2)9-8(11(15)16)4-5-13(9)7(3)10(12)14/h4-7H,1-3H3,(H2,12,14)(H,15,16). The molecule has 1 atom stereocenters. The Morgan fingerprint density at radius 1 is 1.38 bits per heavy atom. The van der Waals surface area contributed by atoms with Gasteiger partial charge in [-0.2, -0.15) is 0 Å². The van der Waals surface area contributed by atoms with Gasteiger partial charge in [0.25, 0.3) is 0 Å². The monoisotopic (exact) mass is 224 g/mol. The average molecular weight is 224 g/mol. The summed E-state index contributed by atoms with van der Waals surface area (Å²) in [7, 11) is 0. The Bertz CT molecular complexity index is 421. The van der Waals surface area contributed by atoms with E-state index in [2.05, 4.69) is 0 Å².